The minimum Gasteiger partial charge on any atom is -0.285 e. The Hall–Kier alpha value is -1.81. The smallest absolute Gasteiger partial charge is 0.285 e. The van der Waals surface area contributed by atoms with Crippen LogP contribution >= 0.6 is 0 Å². The molecule has 24 heavy (non-hydrogen) atoms. The summed E-state index contributed by atoms with van der Waals surface area (Å²) in [6.45, 7) is 0. The molecule has 0 aromatic heterocycles. The summed E-state index contributed by atoms with van der Waals surface area (Å²) in [6.07, 6.45) is -11.4. The van der Waals surface area contributed by atoms with Crippen molar-refractivity contribution in [2.45, 2.75) is 23.5 Å². The zero-order valence-corrected chi connectivity index (χ0v) is 12.5. The quantitative estimate of drug-likeness (QED) is 0.646. The molecule has 2 unspecified atom stereocenters. The van der Waals surface area contributed by atoms with Crippen molar-refractivity contribution in [3.05, 3.63) is 48.0 Å². The average molecular weight is 372 g/mol. The number of rotatable bonds is 3. The van der Waals surface area contributed by atoms with Crippen LogP contribution in [0.2, 0.25) is 0 Å². The van der Waals surface area contributed by atoms with Crippen molar-refractivity contribution in [1.29, 1.82) is 0 Å². The van der Waals surface area contributed by atoms with Crippen LogP contribution in [0.4, 0.5) is 26.3 Å². The fourth-order valence-electron chi connectivity index (χ4n) is 2.56. The SMILES string of the molecule is O=S(=O)(O)C(C(c1cccc2ccccc12)C(F)(F)F)C(F)(F)F. The van der Waals surface area contributed by atoms with Crippen LogP contribution in [0.15, 0.2) is 42.5 Å². The molecule has 132 valence electrons. The first-order valence-corrected chi connectivity index (χ1v) is 7.91. The Kier molecular flexibility index (Phi) is 4.57. The van der Waals surface area contributed by atoms with E-state index in [1.54, 1.807) is 0 Å². The van der Waals surface area contributed by atoms with Gasteiger partial charge in [-0.15, -0.1) is 0 Å². The lowest BCUT2D eigenvalue weighted by molar-refractivity contribution is -0.194. The molecule has 0 bridgehead atoms. The van der Waals surface area contributed by atoms with Gasteiger partial charge in [0.15, 0.2) is 5.25 Å². The van der Waals surface area contributed by atoms with Gasteiger partial charge >= 0.3 is 12.4 Å². The predicted molar refractivity (Wildman–Crippen MR) is 74.1 cm³/mol. The van der Waals surface area contributed by atoms with Crippen LogP contribution in [0.3, 0.4) is 0 Å². The van der Waals surface area contributed by atoms with Gasteiger partial charge in [0.1, 0.15) is 5.92 Å². The lowest BCUT2D eigenvalue weighted by atomic mass is 9.90. The van der Waals surface area contributed by atoms with E-state index >= 15 is 0 Å². The van der Waals surface area contributed by atoms with E-state index in [0.29, 0.717) is 0 Å². The van der Waals surface area contributed by atoms with Gasteiger partial charge in [-0.1, -0.05) is 42.5 Å². The predicted octanol–water partition coefficient (Wildman–Crippen LogP) is 4.30. The van der Waals surface area contributed by atoms with Gasteiger partial charge in [0.2, 0.25) is 0 Å². The number of hydrogen-bond acceptors (Lipinski definition) is 2. The van der Waals surface area contributed by atoms with Crippen molar-refractivity contribution in [2.24, 2.45) is 0 Å². The highest BCUT2D eigenvalue weighted by molar-refractivity contribution is 7.86. The third kappa shape index (κ3) is 3.64. The first kappa shape index (κ1) is 18.5. The van der Waals surface area contributed by atoms with Crippen LogP contribution in [0.25, 0.3) is 10.8 Å². The van der Waals surface area contributed by atoms with E-state index in [-0.39, 0.29) is 10.8 Å². The van der Waals surface area contributed by atoms with E-state index in [1.807, 2.05) is 0 Å². The van der Waals surface area contributed by atoms with Crippen LogP contribution in [-0.2, 0) is 10.1 Å². The molecule has 2 aromatic rings. The van der Waals surface area contributed by atoms with Crippen molar-refractivity contribution < 1.29 is 39.3 Å². The van der Waals surface area contributed by atoms with Crippen molar-refractivity contribution in [3.63, 3.8) is 0 Å². The standard InChI is InChI=1S/C14H10F6O3S/c15-13(16,17)11(12(14(18,19)20)24(21,22)23)10-7-3-5-8-4-1-2-6-9(8)10/h1-7,11-12H,(H,21,22,23). The minimum absolute atomic E-state index is 0.180. The maximum absolute atomic E-state index is 13.4. The molecule has 0 spiro atoms. The molecule has 0 aliphatic heterocycles. The van der Waals surface area contributed by atoms with E-state index in [9.17, 15) is 34.8 Å². The second kappa shape index (κ2) is 5.92. The number of fused-ring (bicyclic) bond motifs is 1. The maximum atomic E-state index is 13.4. The fraction of sp³-hybridized carbons (Fsp3) is 0.286. The minimum atomic E-state index is -6.07. The van der Waals surface area contributed by atoms with Crippen molar-refractivity contribution in [2.75, 3.05) is 0 Å². The highest BCUT2D eigenvalue weighted by Crippen LogP contribution is 2.47. The molecule has 0 heterocycles. The molecule has 0 fully saturated rings. The molecule has 0 aliphatic carbocycles. The molecular weight excluding hydrogens is 362 g/mol. The van der Waals surface area contributed by atoms with Crippen LogP contribution in [-0.4, -0.2) is 30.6 Å². The molecule has 2 atom stereocenters. The molecule has 10 heteroatoms. The molecule has 2 rings (SSSR count). The van der Waals surface area contributed by atoms with Crippen LogP contribution in [0, 0.1) is 0 Å². The molecule has 0 aliphatic rings. The number of benzene rings is 2. The molecule has 0 saturated heterocycles. The van der Waals surface area contributed by atoms with Crippen LogP contribution in [0.1, 0.15) is 11.5 Å². The Balaban J connectivity index is 2.83. The van der Waals surface area contributed by atoms with E-state index < -0.39 is 39.2 Å². The zero-order chi connectivity index (χ0) is 18.3. The summed E-state index contributed by atoms with van der Waals surface area (Å²) >= 11 is 0. The highest BCUT2D eigenvalue weighted by atomic mass is 32.2. The average Bonchev–Trinajstić information content (AvgIpc) is 2.40. The lowest BCUT2D eigenvalue weighted by Gasteiger charge is -2.29. The summed E-state index contributed by atoms with van der Waals surface area (Å²) in [5.41, 5.74) is -0.874. The summed E-state index contributed by atoms with van der Waals surface area (Å²) < 4.78 is 110. The Bertz CT molecular complexity index is 836. The molecule has 2 aromatic carbocycles. The van der Waals surface area contributed by atoms with Gasteiger partial charge in [-0.2, -0.15) is 34.8 Å². The topological polar surface area (TPSA) is 54.4 Å². The van der Waals surface area contributed by atoms with E-state index in [1.165, 1.54) is 24.3 Å². The largest absolute Gasteiger partial charge is 0.408 e. The molecule has 0 saturated carbocycles. The highest BCUT2D eigenvalue weighted by Gasteiger charge is 2.62. The zero-order valence-electron chi connectivity index (χ0n) is 11.6. The van der Waals surface area contributed by atoms with Gasteiger partial charge in [0.25, 0.3) is 10.1 Å². The first-order valence-electron chi connectivity index (χ1n) is 6.41. The van der Waals surface area contributed by atoms with Crippen LogP contribution < -0.4 is 0 Å². The third-order valence-electron chi connectivity index (χ3n) is 3.46. The lowest BCUT2D eigenvalue weighted by Crippen LogP contribution is -2.46. The summed E-state index contributed by atoms with van der Waals surface area (Å²) in [6, 6.07) is 8.55. The normalized spacial score (nSPS) is 16.1. The monoisotopic (exact) mass is 372 g/mol. The maximum Gasteiger partial charge on any atom is 0.408 e. The van der Waals surface area contributed by atoms with Gasteiger partial charge in [-0.05, 0) is 16.3 Å². The van der Waals surface area contributed by atoms with Gasteiger partial charge in [-0.3, -0.25) is 4.55 Å². The Morgan fingerprint density at radius 3 is 1.88 bits per heavy atom. The van der Waals surface area contributed by atoms with Gasteiger partial charge in [-0.25, -0.2) is 0 Å². The van der Waals surface area contributed by atoms with Crippen LogP contribution in [0.5, 0.6) is 0 Å². The summed E-state index contributed by atoms with van der Waals surface area (Å²) in [5.74, 6) is -3.46. The fourth-order valence-corrected chi connectivity index (χ4v) is 3.55. The Morgan fingerprint density at radius 1 is 0.833 bits per heavy atom. The van der Waals surface area contributed by atoms with Gasteiger partial charge < -0.3 is 0 Å². The summed E-state index contributed by atoms with van der Waals surface area (Å²) in [7, 11) is -6.07. The summed E-state index contributed by atoms with van der Waals surface area (Å²) in [4.78, 5) is 0. The molecule has 3 nitrogen and oxygen atoms in total. The Labute approximate surface area is 132 Å². The van der Waals surface area contributed by atoms with Crippen molar-refractivity contribution >= 4 is 20.9 Å². The van der Waals surface area contributed by atoms with E-state index in [0.717, 1.165) is 18.2 Å². The van der Waals surface area contributed by atoms with Crippen molar-refractivity contribution in [1.82, 2.24) is 0 Å². The van der Waals surface area contributed by atoms with E-state index in [4.69, 9.17) is 4.55 Å². The second-order valence-electron chi connectivity index (χ2n) is 5.06. The van der Waals surface area contributed by atoms with Gasteiger partial charge in [0, 0.05) is 0 Å². The second-order valence-corrected chi connectivity index (χ2v) is 6.60. The number of alkyl halides is 6. The molecule has 0 amide bonds. The summed E-state index contributed by atoms with van der Waals surface area (Å²) in [5, 5.41) is -3.99. The van der Waals surface area contributed by atoms with Crippen molar-refractivity contribution in [3.8, 4) is 0 Å². The molecule has 1 N–H and O–H groups in total. The van der Waals surface area contributed by atoms with E-state index in [2.05, 4.69) is 0 Å². The molecule has 0 radical (unpaired) electrons. The molecular formula is C14H10F6O3S. The number of halogens is 6. The van der Waals surface area contributed by atoms with Gasteiger partial charge in [0.05, 0.1) is 0 Å². The Morgan fingerprint density at radius 2 is 1.38 bits per heavy atom. The number of hydrogen-bond donors (Lipinski definition) is 1. The first-order chi connectivity index (χ1) is 10.8. The third-order valence-corrected chi connectivity index (χ3v) is 4.64.